The SMILES string of the molecule is c1ccc(-n2c3cc(-c4ccc5ccc6ccccc6c5c4)ccc3c3ccc(-c4c5ccccc5c(-c5ccc6ccccc6c5)c5ccccc45)cc32)cc1. The van der Waals surface area contributed by atoms with Crippen LogP contribution in [-0.4, -0.2) is 4.57 Å². The number of para-hydroxylation sites is 1. The molecule has 0 unspecified atom stereocenters. The van der Waals surface area contributed by atoms with Crippen LogP contribution in [0.4, 0.5) is 0 Å². The van der Waals surface area contributed by atoms with Crippen molar-refractivity contribution in [3.8, 4) is 39.1 Å². The van der Waals surface area contributed by atoms with E-state index >= 15 is 0 Å². The monoisotopic (exact) mass is 721 g/mol. The van der Waals surface area contributed by atoms with E-state index in [4.69, 9.17) is 0 Å². The van der Waals surface area contributed by atoms with Gasteiger partial charge in [-0.25, -0.2) is 0 Å². The molecule has 0 aliphatic carbocycles. The summed E-state index contributed by atoms with van der Waals surface area (Å²) in [6.07, 6.45) is 0. The highest BCUT2D eigenvalue weighted by Crippen LogP contribution is 2.46. The van der Waals surface area contributed by atoms with E-state index in [0.717, 1.165) is 5.69 Å². The third-order valence-electron chi connectivity index (χ3n) is 12.1. The van der Waals surface area contributed by atoms with Crippen molar-refractivity contribution in [2.45, 2.75) is 0 Å². The number of benzene rings is 11. The van der Waals surface area contributed by atoms with E-state index in [1.165, 1.54) is 109 Å². The minimum absolute atomic E-state index is 1.15. The number of fused-ring (bicyclic) bond motifs is 9. The molecule has 0 saturated heterocycles. The third-order valence-corrected chi connectivity index (χ3v) is 12.1. The van der Waals surface area contributed by atoms with Gasteiger partial charge in [0.05, 0.1) is 11.0 Å². The number of hydrogen-bond donors (Lipinski definition) is 0. The van der Waals surface area contributed by atoms with Crippen LogP contribution in [-0.2, 0) is 0 Å². The zero-order valence-corrected chi connectivity index (χ0v) is 31.2. The second-order valence-electron chi connectivity index (χ2n) is 15.3. The molecule has 0 aliphatic rings. The fourth-order valence-corrected chi connectivity index (χ4v) is 9.49. The maximum Gasteiger partial charge on any atom is 0.0547 e. The maximum atomic E-state index is 2.46. The van der Waals surface area contributed by atoms with Gasteiger partial charge in [-0.15, -0.1) is 0 Å². The quantitative estimate of drug-likeness (QED) is 0.126. The zero-order chi connectivity index (χ0) is 37.5. The van der Waals surface area contributed by atoms with Crippen molar-refractivity contribution in [1.82, 2.24) is 4.57 Å². The molecule has 264 valence electrons. The van der Waals surface area contributed by atoms with Crippen LogP contribution in [0.25, 0.3) is 115 Å². The number of rotatable bonds is 4. The van der Waals surface area contributed by atoms with Gasteiger partial charge in [-0.3, -0.25) is 0 Å². The molecule has 0 atom stereocenters. The van der Waals surface area contributed by atoms with Gasteiger partial charge < -0.3 is 4.57 Å². The molecule has 0 N–H and O–H groups in total. The van der Waals surface area contributed by atoms with Gasteiger partial charge >= 0.3 is 0 Å². The molecule has 0 radical (unpaired) electrons. The number of hydrogen-bond acceptors (Lipinski definition) is 0. The van der Waals surface area contributed by atoms with Gasteiger partial charge in [0.1, 0.15) is 0 Å². The molecule has 11 aromatic carbocycles. The van der Waals surface area contributed by atoms with Gasteiger partial charge in [-0.05, 0) is 124 Å². The Bertz CT molecular complexity index is 3510. The van der Waals surface area contributed by atoms with Gasteiger partial charge in [-0.2, -0.15) is 0 Å². The van der Waals surface area contributed by atoms with Crippen LogP contribution >= 0.6 is 0 Å². The predicted molar refractivity (Wildman–Crippen MR) is 245 cm³/mol. The molecule has 0 spiro atoms. The Kier molecular flexibility index (Phi) is 7.00. The molecule has 0 bridgehead atoms. The van der Waals surface area contributed by atoms with Gasteiger partial charge in [-0.1, -0.05) is 176 Å². The van der Waals surface area contributed by atoms with Gasteiger partial charge in [0.2, 0.25) is 0 Å². The van der Waals surface area contributed by atoms with Crippen LogP contribution in [0.1, 0.15) is 0 Å². The van der Waals surface area contributed by atoms with E-state index in [-0.39, 0.29) is 0 Å². The minimum atomic E-state index is 1.15. The van der Waals surface area contributed by atoms with Crippen molar-refractivity contribution < 1.29 is 0 Å². The van der Waals surface area contributed by atoms with E-state index in [2.05, 4.69) is 217 Å². The summed E-state index contributed by atoms with van der Waals surface area (Å²) >= 11 is 0. The normalized spacial score (nSPS) is 11.9. The van der Waals surface area contributed by atoms with Crippen LogP contribution in [0.2, 0.25) is 0 Å². The molecule has 0 saturated carbocycles. The molecule has 1 heterocycles. The van der Waals surface area contributed by atoms with Crippen LogP contribution < -0.4 is 0 Å². The smallest absolute Gasteiger partial charge is 0.0547 e. The predicted octanol–water partition coefficient (Wildman–Crippen LogP) is 15.6. The largest absolute Gasteiger partial charge is 0.309 e. The van der Waals surface area contributed by atoms with Crippen LogP contribution in [0.3, 0.4) is 0 Å². The van der Waals surface area contributed by atoms with Crippen LogP contribution in [0.5, 0.6) is 0 Å². The van der Waals surface area contributed by atoms with Gasteiger partial charge in [0.15, 0.2) is 0 Å². The second kappa shape index (κ2) is 12.5. The average Bonchev–Trinajstić information content (AvgIpc) is 3.61. The topological polar surface area (TPSA) is 4.93 Å². The molecule has 0 fully saturated rings. The van der Waals surface area contributed by atoms with Crippen molar-refractivity contribution in [2.24, 2.45) is 0 Å². The fourth-order valence-electron chi connectivity index (χ4n) is 9.49. The Morgan fingerprint density at radius 3 is 1.32 bits per heavy atom. The number of aromatic nitrogens is 1. The molecular formula is C56H35N. The highest BCUT2D eigenvalue weighted by Gasteiger charge is 2.20. The third kappa shape index (κ3) is 4.96. The highest BCUT2D eigenvalue weighted by molar-refractivity contribution is 6.22. The minimum Gasteiger partial charge on any atom is -0.309 e. The van der Waals surface area contributed by atoms with Crippen LogP contribution in [0, 0.1) is 0 Å². The van der Waals surface area contributed by atoms with E-state index < -0.39 is 0 Å². The summed E-state index contributed by atoms with van der Waals surface area (Å²) in [7, 11) is 0. The summed E-state index contributed by atoms with van der Waals surface area (Å²) in [5.74, 6) is 0. The molecule has 0 aliphatic heterocycles. The Balaban J connectivity index is 1.10. The number of nitrogens with zero attached hydrogens (tertiary/aromatic N) is 1. The van der Waals surface area contributed by atoms with Gasteiger partial charge in [0, 0.05) is 16.5 Å². The van der Waals surface area contributed by atoms with Gasteiger partial charge in [0.25, 0.3) is 0 Å². The van der Waals surface area contributed by atoms with Crippen molar-refractivity contribution in [1.29, 1.82) is 0 Å². The van der Waals surface area contributed by atoms with Crippen molar-refractivity contribution in [3.05, 3.63) is 212 Å². The first-order valence-electron chi connectivity index (χ1n) is 19.8. The summed E-state index contributed by atoms with van der Waals surface area (Å²) in [5, 5.41) is 15.1. The summed E-state index contributed by atoms with van der Waals surface area (Å²) in [4.78, 5) is 0. The lowest BCUT2D eigenvalue weighted by Crippen LogP contribution is -1.94. The summed E-state index contributed by atoms with van der Waals surface area (Å²) < 4.78 is 2.46. The zero-order valence-electron chi connectivity index (χ0n) is 31.2. The average molecular weight is 722 g/mol. The first-order valence-corrected chi connectivity index (χ1v) is 19.8. The first-order chi connectivity index (χ1) is 28.3. The van der Waals surface area contributed by atoms with Crippen molar-refractivity contribution in [3.63, 3.8) is 0 Å². The molecule has 12 aromatic rings. The lowest BCUT2D eigenvalue weighted by molar-refractivity contribution is 1.18. The van der Waals surface area contributed by atoms with E-state index in [9.17, 15) is 0 Å². The Labute approximate surface area is 330 Å². The Hall–Kier alpha value is -7.48. The summed E-state index contributed by atoms with van der Waals surface area (Å²) in [6.45, 7) is 0. The molecule has 0 amide bonds. The Morgan fingerprint density at radius 1 is 0.228 bits per heavy atom. The Morgan fingerprint density at radius 2 is 0.649 bits per heavy atom. The standard InChI is InChI=1S/C56H35N/c1-2-15-44(16-3-1)57-53-34-41(40-26-25-38-24-23-37-13-6-7-17-45(37)52(38)33-40)28-30-46(53)47-31-29-43(35-54(47)57)56-50-20-10-8-18-48(50)55(49-19-9-11-21-51(49)56)42-27-22-36-12-4-5-14-39(36)32-42/h1-35H. The van der Waals surface area contributed by atoms with E-state index in [1.54, 1.807) is 0 Å². The summed E-state index contributed by atoms with van der Waals surface area (Å²) in [5.41, 5.74) is 11.0. The molecular weight excluding hydrogens is 687 g/mol. The molecule has 57 heavy (non-hydrogen) atoms. The lowest BCUT2D eigenvalue weighted by atomic mass is 9.85. The lowest BCUT2D eigenvalue weighted by Gasteiger charge is -2.18. The highest BCUT2D eigenvalue weighted by atomic mass is 15.0. The van der Waals surface area contributed by atoms with Crippen molar-refractivity contribution in [2.75, 3.05) is 0 Å². The summed E-state index contributed by atoms with van der Waals surface area (Å²) in [6, 6.07) is 78.4. The second-order valence-corrected chi connectivity index (χ2v) is 15.3. The molecule has 12 rings (SSSR count). The maximum absolute atomic E-state index is 2.46. The van der Waals surface area contributed by atoms with Crippen molar-refractivity contribution >= 4 is 75.7 Å². The molecule has 1 heteroatoms. The van der Waals surface area contributed by atoms with E-state index in [0.29, 0.717) is 0 Å². The van der Waals surface area contributed by atoms with Crippen LogP contribution in [0.15, 0.2) is 212 Å². The fraction of sp³-hybridized carbons (Fsp3) is 0. The molecule has 1 nitrogen and oxygen atoms in total. The first kappa shape index (κ1) is 31.8. The molecule has 1 aromatic heterocycles. The van der Waals surface area contributed by atoms with E-state index in [1.807, 2.05) is 0 Å².